The maximum Gasteiger partial charge on any atom is 0.275 e. The molecule has 1 aromatic carbocycles. The largest absolute Gasteiger partial charge is 0.289 e. The lowest BCUT2D eigenvalue weighted by molar-refractivity contribution is 0.876. The van der Waals surface area contributed by atoms with Gasteiger partial charge in [0.1, 0.15) is 0 Å². The molecule has 0 fully saturated rings. The molecule has 0 aliphatic carbocycles. The molecule has 0 bridgehead atoms. The molecule has 0 atom stereocenters. The van der Waals surface area contributed by atoms with Gasteiger partial charge in [-0.05, 0) is 54.1 Å². The van der Waals surface area contributed by atoms with E-state index in [1.165, 1.54) is 8.09 Å². The van der Waals surface area contributed by atoms with Crippen LogP contribution in [0.1, 0.15) is 11.3 Å². The van der Waals surface area contributed by atoms with E-state index >= 15 is 0 Å². The number of halogens is 1. The van der Waals surface area contributed by atoms with Crippen molar-refractivity contribution < 1.29 is 0 Å². The van der Waals surface area contributed by atoms with Crippen LogP contribution in [0.3, 0.4) is 0 Å². The van der Waals surface area contributed by atoms with Gasteiger partial charge in [-0.2, -0.15) is 0 Å². The number of fused-ring (bicyclic) bond motifs is 1. The molecule has 0 aliphatic rings. The second-order valence-electron chi connectivity index (χ2n) is 4.50. The normalized spacial score (nSPS) is 11.1. The van der Waals surface area contributed by atoms with Crippen molar-refractivity contribution in [3.05, 3.63) is 55.5 Å². The van der Waals surface area contributed by atoms with Gasteiger partial charge in [0, 0.05) is 20.9 Å². The number of nitrogens with one attached hydrogen (secondary N) is 1. The van der Waals surface area contributed by atoms with Crippen molar-refractivity contribution in [2.45, 2.75) is 13.8 Å². The number of rotatable bonds is 1. The zero-order valence-electron chi connectivity index (χ0n) is 10.6. The molecule has 0 unspecified atom stereocenters. The minimum absolute atomic E-state index is 0.0424. The van der Waals surface area contributed by atoms with Crippen molar-refractivity contribution in [1.29, 1.82) is 0 Å². The fourth-order valence-electron chi connectivity index (χ4n) is 2.00. The first-order valence-corrected chi connectivity index (χ1v) is 6.99. The number of nitrogens with zero attached hydrogens (tertiary/aromatic N) is 2. The topological polar surface area (TPSA) is 50.2 Å². The van der Waals surface area contributed by atoms with Gasteiger partial charge in [-0.1, -0.05) is 12.1 Å². The summed E-state index contributed by atoms with van der Waals surface area (Å²) in [6.45, 7) is 3.65. The highest BCUT2D eigenvalue weighted by molar-refractivity contribution is 14.1. The summed E-state index contributed by atoms with van der Waals surface area (Å²) in [6.07, 6.45) is 0. The Bertz CT molecular complexity index is 815. The monoisotopic (exact) mass is 365 g/mol. The molecule has 96 valence electrons. The molecular weight excluding hydrogens is 353 g/mol. The third kappa shape index (κ3) is 2.07. The number of hydrogen-bond acceptors (Lipinski definition) is 2. The minimum atomic E-state index is -0.0424. The summed E-state index contributed by atoms with van der Waals surface area (Å²) in [5.41, 5.74) is 4.00. The van der Waals surface area contributed by atoms with Crippen molar-refractivity contribution >= 4 is 28.2 Å². The van der Waals surface area contributed by atoms with Gasteiger partial charge in [0.05, 0.1) is 5.69 Å². The maximum absolute atomic E-state index is 12.1. The smallest absolute Gasteiger partial charge is 0.275 e. The van der Waals surface area contributed by atoms with E-state index in [0.29, 0.717) is 11.2 Å². The predicted molar refractivity (Wildman–Crippen MR) is 83.4 cm³/mol. The molecule has 0 saturated carbocycles. The summed E-state index contributed by atoms with van der Waals surface area (Å²) in [5, 5.41) is 3.11. The van der Waals surface area contributed by atoms with E-state index in [2.05, 4.69) is 32.7 Å². The molecule has 0 spiro atoms. The summed E-state index contributed by atoms with van der Waals surface area (Å²) in [5.74, 6) is 0. The average molecular weight is 365 g/mol. The summed E-state index contributed by atoms with van der Waals surface area (Å²) in [7, 11) is 0. The standard InChI is InChI=1S/C14H12IN3O/c1-8-9(2)16-13-7-12(17-18(13)14(8)19)10-3-5-11(15)6-4-10/h3-7,17H,1-2H3. The van der Waals surface area contributed by atoms with Crippen LogP contribution < -0.4 is 5.56 Å². The van der Waals surface area contributed by atoms with Crippen molar-refractivity contribution in [2.75, 3.05) is 0 Å². The summed E-state index contributed by atoms with van der Waals surface area (Å²) in [4.78, 5) is 16.6. The lowest BCUT2D eigenvalue weighted by Crippen LogP contribution is -2.19. The number of H-pyrrole nitrogens is 1. The molecule has 0 radical (unpaired) electrons. The third-order valence-electron chi connectivity index (χ3n) is 3.24. The quantitative estimate of drug-likeness (QED) is 0.675. The third-order valence-corrected chi connectivity index (χ3v) is 3.96. The fraction of sp³-hybridized carbons (Fsp3) is 0.143. The minimum Gasteiger partial charge on any atom is -0.289 e. The molecule has 4 nitrogen and oxygen atoms in total. The van der Waals surface area contributed by atoms with Crippen LogP contribution in [0.5, 0.6) is 0 Å². The highest BCUT2D eigenvalue weighted by Crippen LogP contribution is 2.19. The van der Waals surface area contributed by atoms with Crippen LogP contribution in [0.4, 0.5) is 0 Å². The first-order chi connectivity index (χ1) is 9.06. The zero-order chi connectivity index (χ0) is 13.6. The van der Waals surface area contributed by atoms with Gasteiger partial charge in [-0.3, -0.25) is 9.89 Å². The average Bonchev–Trinajstić information content (AvgIpc) is 2.81. The molecule has 3 aromatic rings. The van der Waals surface area contributed by atoms with E-state index in [1.54, 1.807) is 6.92 Å². The zero-order valence-corrected chi connectivity index (χ0v) is 12.7. The Hall–Kier alpha value is -1.63. The lowest BCUT2D eigenvalue weighted by Gasteiger charge is -1.99. The molecule has 3 rings (SSSR count). The molecule has 0 aliphatic heterocycles. The Morgan fingerprint density at radius 3 is 2.58 bits per heavy atom. The number of aromatic amines is 1. The summed E-state index contributed by atoms with van der Waals surface area (Å²) < 4.78 is 2.68. The van der Waals surface area contributed by atoms with Crippen LogP contribution in [-0.2, 0) is 0 Å². The highest BCUT2D eigenvalue weighted by atomic mass is 127. The van der Waals surface area contributed by atoms with Crippen molar-refractivity contribution in [3.63, 3.8) is 0 Å². The fourth-order valence-corrected chi connectivity index (χ4v) is 2.36. The van der Waals surface area contributed by atoms with Gasteiger partial charge < -0.3 is 0 Å². The first kappa shape index (κ1) is 12.4. The van der Waals surface area contributed by atoms with E-state index in [9.17, 15) is 4.79 Å². The SMILES string of the molecule is Cc1nc2cc(-c3ccc(I)cc3)[nH]n2c(=O)c1C. The number of aromatic nitrogens is 3. The second-order valence-corrected chi connectivity index (χ2v) is 5.74. The van der Waals surface area contributed by atoms with Gasteiger partial charge in [0.25, 0.3) is 5.56 Å². The Morgan fingerprint density at radius 2 is 1.89 bits per heavy atom. The van der Waals surface area contributed by atoms with E-state index in [0.717, 1.165) is 17.0 Å². The number of benzene rings is 1. The van der Waals surface area contributed by atoms with Gasteiger partial charge in [0.2, 0.25) is 0 Å². The molecule has 19 heavy (non-hydrogen) atoms. The van der Waals surface area contributed by atoms with Crippen LogP contribution in [0, 0.1) is 17.4 Å². The Labute approximate surface area is 123 Å². The van der Waals surface area contributed by atoms with Crippen molar-refractivity contribution in [1.82, 2.24) is 14.6 Å². The van der Waals surface area contributed by atoms with Crippen molar-refractivity contribution in [3.8, 4) is 11.3 Å². The number of hydrogen-bond donors (Lipinski definition) is 1. The molecule has 0 saturated heterocycles. The number of aryl methyl sites for hydroxylation is 1. The molecule has 2 heterocycles. The van der Waals surface area contributed by atoms with Crippen LogP contribution in [-0.4, -0.2) is 14.6 Å². The van der Waals surface area contributed by atoms with E-state index in [4.69, 9.17) is 0 Å². The van der Waals surface area contributed by atoms with Gasteiger partial charge in [-0.15, -0.1) is 0 Å². The van der Waals surface area contributed by atoms with E-state index < -0.39 is 0 Å². The maximum atomic E-state index is 12.1. The summed E-state index contributed by atoms with van der Waals surface area (Å²) >= 11 is 2.27. The molecular formula is C14H12IN3O. The highest BCUT2D eigenvalue weighted by Gasteiger charge is 2.09. The van der Waals surface area contributed by atoms with Gasteiger partial charge in [0.15, 0.2) is 5.65 Å². The second kappa shape index (κ2) is 4.48. The molecule has 2 aromatic heterocycles. The first-order valence-electron chi connectivity index (χ1n) is 5.91. The van der Waals surface area contributed by atoms with Crippen molar-refractivity contribution in [2.24, 2.45) is 0 Å². The molecule has 1 N–H and O–H groups in total. The molecule has 0 amide bonds. The van der Waals surface area contributed by atoms with E-state index in [-0.39, 0.29) is 5.56 Å². The molecule has 5 heteroatoms. The van der Waals surface area contributed by atoms with Crippen LogP contribution >= 0.6 is 22.6 Å². The predicted octanol–water partition coefficient (Wildman–Crippen LogP) is 2.91. The van der Waals surface area contributed by atoms with Crippen LogP contribution in [0.15, 0.2) is 35.1 Å². The van der Waals surface area contributed by atoms with Crippen LogP contribution in [0.25, 0.3) is 16.9 Å². The lowest BCUT2D eigenvalue weighted by atomic mass is 10.2. The Kier molecular flexibility index (Phi) is 2.93. The Morgan fingerprint density at radius 1 is 1.21 bits per heavy atom. The van der Waals surface area contributed by atoms with Crippen LogP contribution in [0.2, 0.25) is 0 Å². The Balaban J connectivity index is 2.25. The van der Waals surface area contributed by atoms with E-state index in [1.807, 2.05) is 37.3 Å². The summed E-state index contributed by atoms with van der Waals surface area (Å²) in [6, 6.07) is 10.0. The van der Waals surface area contributed by atoms with Gasteiger partial charge in [-0.25, -0.2) is 9.50 Å². The van der Waals surface area contributed by atoms with Gasteiger partial charge >= 0.3 is 0 Å².